The van der Waals surface area contributed by atoms with E-state index in [4.69, 9.17) is 4.74 Å². The maximum Gasteiger partial charge on any atom is 0.222 e. The van der Waals surface area contributed by atoms with Gasteiger partial charge in [-0.1, -0.05) is 34.6 Å². The molecule has 0 aromatic heterocycles. The van der Waals surface area contributed by atoms with Crippen LogP contribution in [0.3, 0.4) is 0 Å². The van der Waals surface area contributed by atoms with Crippen LogP contribution in [0.25, 0.3) is 0 Å². The highest BCUT2D eigenvalue weighted by Gasteiger charge is 2.04. The summed E-state index contributed by atoms with van der Waals surface area (Å²) in [5.74, 6) is 0.0860. The molecular weight excluding hydrogens is 206 g/mol. The lowest BCUT2D eigenvalue weighted by molar-refractivity contribution is -0.124. The second-order valence-corrected chi connectivity index (χ2v) is 3.39. The fourth-order valence-corrected chi connectivity index (χ4v) is 0.739. The molecule has 1 N–H and O–H groups in total. The van der Waals surface area contributed by atoms with Crippen molar-refractivity contribution in [3.8, 4) is 0 Å². The molecule has 4 nitrogen and oxygen atoms in total. The van der Waals surface area contributed by atoms with Gasteiger partial charge in [-0.3, -0.25) is 9.59 Å². The molecule has 0 saturated carbocycles. The number of rotatable bonds is 7. The summed E-state index contributed by atoms with van der Waals surface area (Å²) in [6.07, 6.45) is 0.498. The molecule has 0 heterocycles. The van der Waals surface area contributed by atoms with Crippen LogP contribution in [0.2, 0.25) is 0 Å². The smallest absolute Gasteiger partial charge is 0.222 e. The minimum Gasteiger partial charge on any atom is -0.372 e. The number of nitrogens with one attached hydrogen (secondary N) is 1. The van der Waals surface area contributed by atoms with E-state index in [-0.39, 0.29) is 24.2 Å². The van der Waals surface area contributed by atoms with Crippen molar-refractivity contribution in [1.82, 2.24) is 5.32 Å². The SMILES string of the molecule is CC.CCC(=O)COCCNC(=O)C(C)C. The number of amides is 1. The molecule has 0 saturated heterocycles. The van der Waals surface area contributed by atoms with E-state index >= 15 is 0 Å². The van der Waals surface area contributed by atoms with Crippen LogP contribution < -0.4 is 5.32 Å². The van der Waals surface area contributed by atoms with Crippen LogP contribution in [-0.2, 0) is 14.3 Å². The van der Waals surface area contributed by atoms with Gasteiger partial charge in [0.1, 0.15) is 6.61 Å². The number of ketones is 1. The van der Waals surface area contributed by atoms with Gasteiger partial charge < -0.3 is 10.1 Å². The second kappa shape index (κ2) is 12.2. The van der Waals surface area contributed by atoms with Gasteiger partial charge in [-0.05, 0) is 0 Å². The van der Waals surface area contributed by atoms with E-state index in [9.17, 15) is 9.59 Å². The Bertz CT molecular complexity index is 191. The van der Waals surface area contributed by atoms with Crippen molar-refractivity contribution in [2.75, 3.05) is 19.8 Å². The zero-order chi connectivity index (χ0) is 13.0. The highest BCUT2D eigenvalue weighted by molar-refractivity contribution is 5.79. The van der Waals surface area contributed by atoms with Crippen molar-refractivity contribution >= 4 is 11.7 Å². The van der Waals surface area contributed by atoms with Crippen LogP contribution in [0.5, 0.6) is 0 Å². The molecule has 0 aromatic rings. The van der Waals surface area contributed by atoms with E-state index in [1.54, 1.807) is 6.92 Å². The highest BCUT2D eigenvalue weighted by Crippen LogP contribution is 1.89. The van der Waals surface area contributed by atoms with Crippen LogP contribution in [0, 0.1) is 5.92 Å². The molecule has 0 bridgehead atoms. The van der Waals surface area contributed by atoms with Gasteiger partial charge in [0, 0.05) is 18.9 Å². The van der Waals surface area contributed by atoms with Crippen molar-refractivity contribution in [1.29, 1.82) is 0 Å². The monoisotopic (exact) mass is 231 g/mol. The van der Waals surface area contributed by atoms with E-state index in [1.807, 2.05) is 27.7 Å². The number of Topliss-reactive ketones (excluding diaryl/α,β-unsaturated/α-hetero) is 1. The molecule has 0 spiro atoms. The summed E-state index contributed by atoms with van der Waals surface area (Å²) >= 11 is 0. The number of carbonyl (C=O) groups excluding carboxylic acids is 2. The van der Waals surface area contributed by atoms with E-state index < -0.39 is 0 Å². The van der Waals surface area contributed by atoms with E-state index in [2.05, 4.69) is 5.32 Å². The van der Waals surface area contributed by atoms with Gasteiger partial charge in [-0.25, -0.2) is 0 Å². The Hall–Kier alpha value is -0.900. The standard InChI is InChI=1S/C10H19NO3.C2H6/c1-4-9(12)7-14-6-5-11-10(13)8(2)3;1-2/h8H,4-7H2,1-3H3,(H,11,13);1-2H3. The van der Waals surface area contributed by atoms with Gasteiger partial charge in [0.25, 0.3) is 0 Å². The van der Waals surface area contributed by atoms with Crippen LogP contribution in [-0.4, -0.2) is 31.4 Å². The first-order valence-corrected chi connectivity index (χ1v) is 5.95. The highest BCUT2D eigenvalue weighted by atomic mass is 16.5. The first kappa shape index (κ1) is 17.5. The maximum absolute atomic E-state index is 11.1. The summed E-state index contributed by atoms with van der Waals surface area (Å²) in [7, 11) is 0. The van der Waals surface area contributed by atoms with Gasteiger partial charge in [-0.15, -0.1) is 0 Å². The van der Waals surface area contributed by atoms with Crippen molar-refractivity contribution in [2.24, 2.45) is 5.92 Å². The molecule has 0 radical (unpaired) electrons. The van der Waals surface area contributed by atoms with Crippen LogP contribution in [0.1, 0.15) is 41.0 Å². The lowest BCUT2D eigenvalue weighted by atomic mass is 10.2. The van der Waals surface area contributed by atoms with Crippen LogP contribution in [0.15, 0.2) is 0 Å². The summed E-state index contributed by atoms with van der Waals surface area (Å²) < 4.78 is 5.05. The zero-order valence-corrected chi connectivity index (χ0v) is 11.1. The fourth-order valence-electron chi connectivity index (χ4n) is 0.739. The van der Waals surface area contributed by atoms with Crippen molar-refractivity contribution in [3.63, 3.8) is 0 Å². The lowest BCUT2D eigenvalue weighted by Crippen LogP contribution is -2.31. The molecule has 1 amide bonds. The van der Waals surface area contributed by atoms with Gasteiger partial charge in [0.05, 0.1) is 6.61 Å². The zero-order valence-electron chi connectivity index (χ0n) is 11.1. The van der Waals surface area contributed by atoms with Gasteiger partial charge in [0.15, 0.2) is 5.78 Å². The van der Waals surface area contributed by atoms with E-state index in [1.165, 1.54) is 0 Å². The van der Waals surface area contributed by atoms with Crippen molar-refractivity contribution < 1.29 is 14.3 Å². The molecule has 0 aliphatic heterocycles. The third-order valence-corrected chi connectivity index (χ3v) is 1.73. The normalized spacial score (nSPS) is 9.38. The number of hydrogen-bond donors (Lipinski definition) is 1. The number of ether oxygens (including phenoxy) is 1. The summed E-state index contributed by atoms with van der Waals surface area (Å²) in [5.41, 5.74) is 0. The summed E-state index contributed by atoms with van der Waals surface area (Å²) in [6.45, 7) is 10.5. The first-order chi connectivity index (χ1) is 7.57. The molecule has 4 heteroatoms. The molecule has 96 valence electrons. The fraction of sp³-hybridized carbons (Fsp3) is 0.833. The Morgan fingerprint density at radius 2 is 1.81 bits per heavy atom. The Balaban J connectivity index is 0. The minimum atomic E-state index is -0.00715. The minimum absolute atomic E-state index is 0.00715. The topological polar surface area (TPSA) is 55.4 Å². The molecule has 16 heavy (non-hydrogen) atoms. The Kier molecular flexibility index (Phi) is 13.3. The Labute approximate surface area is 98.7 Å². The van der Waals surface area contributed by atoms with Gasteiger partial charge in [-0.2, -0.15) is 0 Å². The molecule has 0 unspecified atom stereocenters. The van der Waals surface area contributed by atoms with Crippen molar-refractivity contribution in [2.45, 2.75) is 41.0 Å². The second-order valence-electron chi connectivity index (χ2n) is 3.39. The molecule has 0 fully saturated rings. The summed E-state index contributed by atoms with van der Waals surface area (Å²) in [5, 5.41) is 2.70. The van der Waals surface area contributed by atoms with Crippen LogP contribution in [0.4, 0.5) is 0 Å². The Morgan fingerprint density at radius 1 is 1.25 bits per heavy atom. The average Bonchev–Trinajstić information content (AvgIpc) is 2.30. The van der Waals surface area contributed by atoms with E-state index in [0.717, 1.165) is 0 Å². The van der Waals surface area contributed by atoms with Crippen LogP contribution >= 0.6 is 0 Å². The molecule has 0 aromatic carbocycles. The summed E-state index contributed by atoms with van der Waals surface area (Å²) in [6, 6.07) is 0. The number of hydrogen-bond acceptors (Lipinski definition) is 3. The predicted molar refractivity (Wildman–Crippen MR) is 65.3 cm³/mol. The van der Waals surface area contributed by atoms with E-state index in [0.29, 0.717) is 19.6 Å². The number of carbonyl (C=O) groups is 2. The molecular formula is C12H25NO3. The predicted octanol–water partition coefficient (Wildman–Crippen LogP) is 1.78. The molecule has 0 aliphatic carbocycles. The third kappa shape index (κ3) is 11.2. The largest absolute Gasteiger partial charge is 0.372 e. The molecule has 0 aliphatic rings. The quantitative estimate of drug-likeness (QED) is 0.679. The molecule has 0 rings (SSSR count). The average molecular weight is 231 g/mol. The summed E-state index contributed by atoms with van der Waals surface area (Å²) in [4.78, 5) is 21.9. The first-order valence-electron chi connectivity index (χ1n) is 5.95. The van der Waals surface area contributed by atoms with Crippen molar-refractivity contribution in [3.05, 3.63) is 0 Å². The third-order valence-electron chi connectivity index (χ3n) is 1.73. The van der Waals surface area contributed by atoms with Gasteiger partial charge >= 0.3 is 0 Å². The van der Waals surface area contributed by atoms with Gasteiger partial charge in [0.2, 0.25) is 5.91 Å². The Morgan fingerprint density at radius 3 is 2.25 bits per heavy atom. The lowest BCUT2D eigenvalue weighted by Gasteiger charge is -2.07. The maximum atomic E-state index is 11.1. The molecule has 0 atom stereocenters.